The number of nitrogens with one attached hydrogen (secondary N) is 2. The highest BCUT2D eigenvalue weighted by Crippen LogP contribution is 2.22. The molecule has 1 fully saturated rings. The fourth-order valence-electron chi connectivity index (χ4n) is 2.00. The Labute approximate surface area is 97.8 Å². The van der Waals surface area contributed by atoms with Crippen molar-refractivity contribution in [3.05, 3.63) is 11.3 Å². The minimum atomic E-state index is 0.142. The lowest BCUT2D eigenvalue weighted by Crippen LogP contribution is -2.28. The summed E-state index contributed by atoms with van der Waals surface area (Å²) in [5.41, 5.74) is 2.15. The van der Waals surface area contributed by atoms with E-state index in [-0.39, 0.29) is 11.7 Å². The first-order valence-electron chi connectivity index (χ1n) is 6.17. The van der Waals surface area contributed by atoms with Gasteiger partial charge in [0.25, 0.3) is 0 Å². The molecule has 2 N–H and O–H groups in total. The van der Waals surface area contributed by atoms with Crippen molar-refractivity contribution in [3.63, 3.8) is 0 Å². The first kappa shape index (κ1) is 12.9. The highest BCUT2D eigenvalue weighted by Gasteiger charge is 2.25. The summed E-state index contributed by atoms with van der Waals surface area (Å²) < 4.78 is 0. The van der Waals surface area contributed by atoms with E-state index in [0.29, 0.717) is 17.7 Å². The topological polar surface area (TPSA) is 53.0 Å². The number of carbonyl (C=O) groups excluding carboxylic acids is 1. The van der Waals surface area contributed by atoms with Gasteiger partial charge in [-0.25, -0.2) is 0 Å². The van der Waals surface area contributed by atoms with E-state index in [1.165, 1.54) is 0 Å². The number of hydrogen-bond donors (Lipinski definition) is 2. The Morgan fingerprint density at radius 2 is 2.12 bits per heavy atom. The largest absolute Gasteiger partial charge is 0.388 e. The molecule has 0 heterocycles. The molecule has 1 saturated carbocycles. The van der Waals surface area contributed by atoms with Crippen LogP contribution < -0.4 is 5.32 Å². The van der Waals surface area contributed by atoms with Crippen molar-refractivity contribution < 1.29 is 4.79 Å². The van der Waals surface area contributed by atoms with Gasteiger partial charge in [-0.15, -0.1) is 0 Å². The van der Waals surface area contributed by atoms with E-state index in [0.717, 1.165) is 31.5 Å². The van der Waals surface area contributed by atoms with Crippen molar-refractivity contribution in [2.24, 2.45) is 5.92 Å². The Bertz CT molecular complexity index is 298. The zero-order valence-corrected chi connectivity index (χ0v) is 10.5. The van der Waals surface area contributed by atoms with Crippen molar-refractivity contribution in [1.82, 2.24) is 5.32 Å². The first-order chi connectivity index (χ1) is 7.57. The fourth-order valence-corrected chi connectivity index (χ4v) is 2.00. The lowest BCUT2D eigenvalue weighted by atomic mass is 9.87. The maximum Gasteiger partial charge on any atom is 0.166 e. The lowest BCUT2D eigenvalue weighted by molar-refractivity contribution is -0.115. The second-order valence-corrected chi connectivity index (χ2v) is 4.63. The van der Waals surface area contributed by atoms with E-state index in [1.807, 2.05) is 0 Å². The van der Waals surface area contributed by atoms with Crippen LogP contribution in [-0.4, -0.2) is 18.0 Å². The molecule has 0 aromatic carbocycles. The Balaban J connectivity index is 3.00. The molecule has 0 saturated heterocycles. The van der Waals surface area contributed by atoms with Crippen LogP contribution in [0.3, 0.4) is 0 Å². The van der Waals surface area contributed by atoms with E-state index in [4.69, 9.17) is 5.41 Å². The summed E-state index contributed by atoms with van der Waals surface area (Å²) in [5.74, 6) is 0.424. The summed E-state index contributed by atoms with van der Waals surface area (Å²) in [6.45, 7) is 7.11. The number of ketones is 1. The molecule has 0 aliphatic heterocycles. The van der Waals surface area contributed by atoms with Gasteiger partial charge >= 0.3 is 0 Å². The number of rotatable bonds is 4. The normalized spacial score (nSPS) is 20.2. The second-order valence-electron chi connectivity index (χ2n) is 4.63. The summed E-state index contributed by atoms with van der Waals surface area (Å²) in [5, 5.41) is 11.2. The van der Waals surface area contributed by atoms with Crippen LogP contribution >= 0.6 is 0 Å². The van der Waals surface area contributed by atoms with E-state index < -0.39 is 0 Å². The highest BCUT2D eigenvalue weighted by atomic mass is 16.1. The third-order valence-electron chi connectivity index (χ3n) is 2.82. The molecule has 90 valence electrons. The minimum absolute atomic E-state index is 0.142. The molecule has 0 radical (unpaired) electrons. The van der Waals surface area contributed by atoms with Crippen LogP contribution in [-0.2, 0) is 4.79 Å². The average molecular weight is 222 g/mol. The molecule has 0 amide bonds. The van der Waals surface area contributed by atoms with Gasteiger partial charge in [0.05, 0.1) is 5.57 Å². The van der Waals surface area contributed by atoms with Gasteiger partial charge in [0, 0.05) is 24.4 Å². The molecule has 1 rings (SSSR count). The van der Waals surface area contributed by atoms with Crippen LogP contribution in [0.4, 0.5) is 0 Å². The molecule has 3 nitrogen and oxygen atoms in total. The van der Waals surface area contributed by atoms with Crippen molar-refractivity contribution in [1.29, 1.82) is 5.41 Å². The molecular weight excluding hydrogens is 200 g/mol. The van der Waals surface area contributed by atoms with Gasteiger partial charge in [0.1, 0.15) is 0 Å². The number of allylic oxidation sites excluding steroid dienone is 2. The third kappa shape index (κ3) is 2.94. The summed E-state index contributed by atoms with van der Waals surface area (Å²) in [4.78, 5) is 11.9. The van der Waals surface area contributed by atoms with Crippen molar-refractivity contribution in [2.75, 3.05) is 6.54 Å². The van der Waals surface area contributed by atoms with Crippen molar-refractivity contribution >= 4 is 11.5 Å². The molecule has 0 aromatic rings. The summed E-state index contributed by atoms with van der Waals surface area (Å²) >= 11 is 0. The van der Waals surface area contributed by atoms with Gasteiger partial charge in [0.15, 0.2) is 5.78 Å². The summed E-state index contributed by atoms with van der Waals surface area (Å²) in [6.07, 6.45) is 3.21. The average Bonchev–Trinajstić information content (AvgIpc) is 2.21. The van der Waals surface area contributed by atoms with Gasteiger partial charge in [-0.2, -0.15) is 0 Å². The number of hydrogen-bond acceptors (Lipinski definition) is 3. The first-order valence-corrected chi connectivity index (χ1v) is 6.17. The monoisotopic (exact) mass is 222 g/mol. The van der Waals surface area contributed by atoms with Gasteiger partial charge < -0.3 is 10.7 Å². The quantitative estimate of drug-likeness (QED) is 0.718. The van der Waals surface area contributed by atoms with Crippen LogP contribution in [0.25, 0.3) is 0 Å². The number of carbonyl (C=O) groups is 1. The van der Waals surface area contributed by atoms with Crippen LogP contribution in [0.1, 0.15) is 46.5 Å². The van der Waals surface area contributed by atoms with Gasteiger partial charge in [-0.3, -0.25) is 4.79 Å². The summed E-state index contributed by atoms with van der Waals surface area (Å²) in [6, 6.07) is 0. The molecule has 0 bridgehead atoms. The van der Waals surface area contributed by atoms with Crippen molar-refractivity contribution in [2.45, 2.75) is 46.5 Å². The SMILES string of the molecule is CCCN/C(=C1\C(=N)CCCC1=O)C(C)C. The van der Waals surface area contributed by atoms with E-state index in [9.17, 15) is 4.79 Å². The van der Waals surface area contributed by atoms with E-state index in [1.54, 1.807) is 0 Å². The predicted octanol–water partition coefficient (Wildman–Crippen LogP) is 2.67. The highest BCUT2D eigenvalue weighted by molar-refractivity contribution is 6.23. The molecular formula is C13H22N2O. The molecule has 0 unspecified atom stereocenters. The molecule has 0 atom stereocenters. The van der Waals surface area contributed by atoms with E-state index >= 15 is 0 Å². The molecule has 1 aliphatic rings. The molecule has 16 heavy (non-hydrogen) atoms. The Kier molecular flexibility index (Phi) is 4.71. The molecule has 0 spiro atoms. The van der Waals surface area contributed by atoms with Crippen LogP contribution in [0.15, 0.2) is 11.3 Å². The zero-order valence-electron chi connectivity index (χ0n) is 10.5. The standard InChI is InChI=1S/C13H22N2O/c1-4-8-15-13(9(2)3)12-10(14)6-5-7-11(12)16/h9,14-15H,4-8H2,1-3H3/b13-12+,14-10?. The van der Waals surface area contributed by atoms with Gasteiger partial charge in [-0.1, -0.05) is 20.8 Å². The zero-order chi connectivity index (χ0) is 12.1. The van der Waals surface area contributed by atoms with Crippen LogP contribution in [0, 0.1) is 11.3 Å². The van der Waals surface area contributed by atoms with Gasteiger partial charge in [-0.05, 0) is 25.2 Å². The second kappa shape index (κ2) is 5.83. The molecule has 0 aromatic heterocycles. The predicted molar refractivity (Wildman–Crippen MR) is 66.7 cm³/mol. The third-order valence-corrected chi connectivity index (χ3v) is 2.82. The summed E-state index contributed by atoms with van der Waals surface area (Å²) in [7, 11) is 0. The smallest absolute Gasteiger partial charge is 0.166 e. The fraction of sp³-hybridized carbons (Fsp3) is 0.692. The Morgan fingerprint density at radius 1 is 1.44 bits per heavy atom. The molecule has 1 aliphatic carbocycles. The maximum absolute atomic E-state index is 11.9. The Hall–Kier alpha value is -1.12. The maximum atomic E-state index is 11.9. The van der Waals surface area contributed by atoms with Crippen LogP contribution in [0.2, 0.25) is 0 Å². The minimum Gasteiger partial charge on any atom is -0.388 e. The van der Waals surface area contributed by atoms with Gasteiger partial charge in [0.2, 0.25) is 0 Å². The van der Waals surface area contributed by atoms with Crippen molar-refractivity contribution in [3.8, 4) is 0 Å². The Morgan fingerprint density at radius 3 is 2.62 bits per heavy atom. The molecule has 3 heteroatoms. The lowest BCUT2D eigenvalue weighted by Gasteiger charge is -2.22. The van der Waals surface area contributed by atoms with Crippen LogP contribution in [0.5, 0.6) is 0 Å². The van der Waals surface area contributed by atoms with E-state index in [2.05, 4.69) is 26.1 Å². The number of Topliss-reactive ketones (excluding diaryl/α,β-unsaturated/α-hetero) is 1.